The van der Waals surface area contributed by atoms with Gasteiger partial charge in [-0.1, -0.05) is 6.92 Å². The summed E-state index contributed by atoms with van der Waals surface area (Å²) < 4.78 is 5.12. The van der Waals surface area contributed by atoms with Crippen LogP contribution < -0.4 is 5.32 Å². The predicted octanol–water partition coefficient (Wildman–Crippen LogP) is 0.255. The minimum atomic E-state index is -0.279. The molecule has 110 valence electrons. The predicted molar refractivity (Wildman–Crippen MR) is 70.2 cm³/mol. The van der Waals surface area contributed by atoms with Crippen LogP contribution in [-0.2, 0) is 0 Å². The van der Waals surface area contributed by atoms with E-state index in [1.807, 2.05) is 6.92 Å². The van der Waals surface area contributed by atoms with Crippen LogP contribution in [-0.4, -0.2) is 64.7 Å². The van der Waals surface area contributed by atoms with Crippen LogP contribution in [0.3, 0.4) is 0 Å². The second-order valence-electron chi connectivity index (χ2n) is 4.64. The number of hydrogen-bond acceptors (Lipinski definition) is 5. The molecule has 1 aromatic rings. The Kier molecular flexibility index (Phi) is 4.54. The Morgan fingerprint density at radius 3 is 2.40 bits per heavy atom. The molecule has 1 aromatic heterocycles. The summed E-state index contributed by atoms with van der Waals surface area (Å²) in [6.45, 7) is 6.27. The highest BCUT2D eigenvalue weighted by molar-refractivity contribution is 5.89. The van der Waals surface area contributed by atoms with Crippen LogP contribution in [0.5, 0.6) is 0 Å². The van der Waals surface area contributed by atoms with E-state index in [0.29, 0.717) is 38.6 Å². The van der Waals surface area contributed by atoms with Crippen molar-refractivity contribution in [2.75, 3.05) is 32.7 Å². The van der Waals surface area contributed by atoms with E-state index in [4.69, 9.17) is 4.42 Å². The summed E-state index contributed by atoms with van der Waals surface area (Å²) in [7, 11) is 0. The van der Waals surface area contributed by atoms with E-state index in [0.717, 1.165) is 6.42 Å². The summed E-state index contributed by atoms with van der Waals surface area (Å²) >= 11 is 0. The standard InChI is InChI=1S/C12H19N5O3/c1-3-4-13-12(19)17-7-5-16(6-8-17)11(18)10-15-14-9(2)20-10/h3-8H2,1-2H3,(H,13,19). The average molecular weight is 281 g/mol. The summed E-state index contributed by atoms with van der Waals surface area (Å²) in [6.07, 6.45) is 0.903. The second-order valence-corrected chi connectivity index (χ2v) is 4.64. The van der Waals surface area contributed by atoms with Gasteiger partial charge in [-0.2, -0.15) is 0 Å². The number of nitrogens with one attached hydrogen (secondary N) is 1. The number of hydrogen-bond donors (Lipinski definition) is 1. The molecule has 0 radical (unpaired) electrons. The van der Waals surface area contributed by atoms with Crippen molar-refractivity contribution in [1.82, 2.24) is 25.3 Å². The smallest absolute Gasteiger partial charge is 0.317 e. The summed E-state index contributed by atoms with van der Waals surface area (Å²) in [5, 5.41) is 10.2. The molecule has 8 heteroatoms. The highest BCUT2D eigenvalue weighted by Gasteiger charge is 2.27. The van der Waals surface area contributed by atoms with E-state index in [1.54, 1.807) is 16.7 Å². The molecule has 0 atom stereocenters. The van der Waals surface area contributed by atoms with Crippen LogP contribution in [0, 0.1) is 6.92 Å². The summed E-state index contributed by atoms with van der Waals surface area (Å²) in [6, 6.07) is -0.0763. The van der Waals surface area contributed by atoms with Gasteiger partial charge in [0, 0.05) is 39.6 Å². The fraction of sp³-hybridized carbons (Fsp3) is 0.667. The fourth-order valence-corrected chi connectivity index (χ4v) is 1.97. The Morgan fingerprint density at radius 2 is 1.85 bits per heavy atom. The molecular weight excluding hydrogens is 262 g/mol. The number of nitrogens with zero attached hydrogens (tertiary/aromatic N) is 4. The molecule has 0 spiro atoms. The molecule has 0 saturated carbocycles. The lowest BCUT2D eigenvalue weighted by molar-refractivity contribution is 0.0625. The molecule has 8 nitrogen and oxygen atoms in total. The van der Waals surface area contributed by atoms with Gasteiger partial charge >= 0.3 is 17.8 Å². The van der Waals surface area contributed by atoms with Gasteiger partial charge in [-0.05, 0) is 6.42 Å². The highest BCUT2D eigenvalue weighted by Crippen LogP contribution is 2.08. The highest BCUT2D eigenvalue weighted by atomic mass is 16.4. The first-order valence-corrected chi connectivity index (χ1v) is 6.74. The lowest BCUT2D eigenvalue weighted by atomic mass is 10.3. The molecule has 1 N–H and O–H groups in total. The van der Waals surface area contributed by atoms with E-state index in [-0.39, 0.29) is 17.8 Å². The molecule has 0 aliphatic carbocycles. The second kappa shape index (κ2) is 6.36. The van der Waals surface area contributed by atoms with E-state index in [2.05, 4.69) is 15.5 Å². The molecule has 0 aromatic carbocycles. The van der Waals surface area contributed by atoms with E-state index in [1.165, 1.54) is 0 Å². The first-order valence-electron chi connectivity index (χ1n) is 6.74. The molecular formula is C12H19N5O3. The zero-order valence-corrected chi connectivity index (χ0v) is 11.8. The van der Waals surface area contributed by atoms with E-state index in [9.17, 15) is 9.59 Å². The quantitative estimate of drug-likeness (QED) is 0.857. The maximum absolute atomic E-state index is 12.1. The average Bonchev–Trinajstić information content (AvgIpc) is 2.90. The van der Waals surface area contributed by atoms with Crippen molar-refractivity contribution in [3.63, 3.8) is 0 Å². The Bertz CT molecular complexity index is 479. The Morgan fingerprint density at radius 1 is 1.20 bits per heavy atom. The number of urea groups is 1. The van der Waals surface area contributed by atoms with Gasteiger partial charge in [-0.3, -0.25) is 4.79 Å². The van der Waals surface area contributed by atoms with Crippen molar-refractivity contribution in [1.29, 1.82) is 0 Å². The van der Waals surface area contributed by atoms with Gasteiger partial charge in [0.15, 0.2) is 0 Å². The molecule has 2 rings (SSSR count). The number of amides is 3. The van der Waals surface area contributed by atoms with Crippen LogP contribution in [0.25, 0.3) is 0 Å². The molecule has 0 bridgehead atoms. The Balaban J connectivity index is 1.85. The minimum Gasteiger partial charge on any atom is -0.417 e. The van der Waals surface area contributed by atoms with Crippen molar-refractivity contribution in [2.24, 2.45) is 0 Å². The summed E-state index contributed by atoms with van der Waals surface area (Å²) in [5.41, 5.74) is 0. The Labute approximate surface area is 117 Å². The molecule has 1 saturated heterocycles. The van der Waals surface area contributed by atoms with Crippen molar-refractivity contribution in [2.45, 2.75) is 20.3 Å². The monoisotopic (exact) mass is 281 g/mol. The number of aryl methyl sites for hydroxylation is 1. The first-order chi connectivity index (χ1) is 9.61. The maximum atomic E-state index is 12.1. The normalized spacial score (nSPS) is 15.3. The van der Waals surface area contributed by atoms with Gasteiger partial charge in [0.1, 0.15) is 0 Å². The summed E-state index contributed by atoms with van der Waals surface area (Å²) in [4.78, 5) is 27.2. The summed E-state index contributed by atoms with van der Waals surface area (Å²) in [5.74, 6) is 0.0940. The van der Waals surface area contributed by atoms with Crippen LogP contribution >= 0.6 is 0 Å². The molecule has 3 amide bonds. The molecule has 1 aliphatic heterocycles. The number of carbonyl (C=O) groups is 2. The lowest BCUT2D eigenvalue weighted by Gasteiger charge is -2.33. The van der Waals surface area contributed by atoms with E-state index >= 15 is 0 Å². The van der Waals surface area contributed by atoms with Crippen LogP contribution in [0.15, 0.2) is 4.42 Å². The van der Waals surface area contributed by atoms with Crippen molar-refractivity contribution < 1.29 is 14.0 Å². The molecule has 1 aliphatic rings. The molecule has 2 heterocycles. The topological polar surface area (TPSA) is 91.6 Å². The van der Waals surface area contributed by atoms with Crippen LogP contribution in [0.1, 0.15) is 29.9 Å². The van der Waals surface area contributed by atoms with Gasteiger partial charge in [-0.25, -0.2) is 4.79 Å². The molecule has 1 fully saturated rings. The number of piperazine rings is 1. The first kappa shape index (κ1) is 14.3. The molecule has 0 unspecified atom stereocenters. The zero-order chi connectivity index (χ0) is 14.5. The fourth-order valence-electron chi connectivity index (χ4n) is 1.97. The van der Waals surface area contributed by atoms with Crippen molar-refractivity contribution >= 4 is 11.9 Å². The van der Waals surface area contributed by atoms with Crippen molar-refractivity contribution in [3.8, 4) is 0 Å². The molecule has 20 heavy (non-hydrogen) atoms. The van der Waals surface area contributed by atoms with Gasteiger partial charge in [0.25, 0.3) is 0 Å². The number of aromatic nitrogens is 2. The van der Waals surface area contributed by atoms with E-state index < -0.39 is 0 Å². The van der Waals surface area contributed by atoms with Gasteiger partial charge in [0.05, 0.1) is 0 Å². The number of carbonyl (C=O) groups excluding carboxylic acids is 2. The SMILES string of the molecule is CCCNC(=O)N1CCN(C(=O)c2nnc(C)o2)CC1. The van der Waals surface area contributed by atoms with Gasteiger partial charge < -0.3 is 19.5 Å². The van der Waals surface area contributed by atoms with Crippen LogP contribution in [0.4, 0.5) is 4.79 Å². The zero-order valence-electron chi connectivity index (χ0n) is 11.8. The lowest BCUT2D eigenvalue weighted by Crippen LogP contribution is -2.53. The third kappa shape index (κ3) is 3.25. The Hall–Kier alpha value is -2.12. The minimum absolute atomic E-state index is 0.00591. The van der Waals surface area contributed by atoms with Gasteiger partial charge in [0.2, 0.25) is 5.89 Å². The third-order valence-corrected chi connectivity index (χ3v) is 3.09. The maximum Gasteiger partial charge on any atom is 0.317 e. The number of rotatable bonds is 3. The van der Waals surface area contributed by atoms with Crippen molar-refractivity contribution in [3.05, 3.63) is 11.8 Å². The third-order valence-electron chi connectivity index (χ3n) is 3.09. The van der Waals surface area contributed by atoms with Crippen LogP contribution in [0.2, 0.25) is 0 Å². The largest absolute Gasteiger partial charge is 0.417 e. The van der Waals surface area contributed by atoms with Gasteiger partial charge in [-0.15, -0.1) is 10.2 Å².